The van der Waals surface area contributed by atoms with Crippen LogP contribution in [0.15, 0.2) is 18.2 Å². The van der Waals surface area contributed by atoms with Crippen LogP contribution < -0.4 is 11.5 Å². The summed E-state index contributed by atoms with van der Waals surface area (Å²) in [5, 5.41) is 17.8. The van der Waals surface area contributed by atoms with Crippen molar-refractivity contribution in [1.82, 2.24) is 0 Å². The molecular formula is C9H11N3O. The fourth-order valence-electron chi connectivity index (χ4n) is 1.01. The number of rotatable bonds is 2. The highest BCUT2D eigenvalue weighted by Gasteiger charge is 2.06. The topological polar surface area (TPSA) is 96.1 Å². The maximum atomic E-state index is 9.19. The van der Waals surface area contributed by atoms with Crippen LogP contribution in [0.4, 0.5) is 0 Å². The van der Waals surface area contributed by atoms with Crippen LogP contribution in [0.1, 0.15) is 17.2 Å². The summed E-state index contributed by atoms with van der Waals surface area (Å²) in [5.41, 5.74) is 12.0. The van der Waals surface area contributed by atoms with E-state index in [1.54, 1.807) is 12.1 Å². The SMILES string of the molecule is N#Cc1cc(C(N)CN)ccc1O. The number of phenolic OH excluding ortho intramolecular Hbond substituents is 1. The van der Waals surface area contributed by atoms with Gasteiger partial charge in [0, 0.05) is 12.6 Å². The summed E-state index contributed by atoms with van der Waals surface area (Å²) >= 11 is 0. The molecule has 0 aliphatic heterocycles. The number of nitrogens with zero attached hydrogens (tertiary/aromatic N) is 1. The Morgan fingerprint density at radius 3 is 2.77 bits per heavy atom. The van der Waals surface area contributed by atoms with Crippen molar-refractivity contribution in [2.45, 2.75) is 6.04 Å². The molecule has 1 atom stereocenters. The van der Waals surface area contributed by atoms with Gasteiger partial charge in [-0.05, 0) is 17.7 Å². The number of hydrogen-bond acceptors (Lipinski definition) is 4. The van der Waals surface area contributed by atoms with E-state index < -0.39 is 0 Å². The van der Waals surface area contributed by atoms with E-state index >= 15 is 0 Å². The molecule has 0 aromatic heterocycles. The Labute approximate surface area is 76.4 Å². The van der Waals surface area contributed by atoms with E-state index in [1.165, 1.54) is 6.07 Å². The summed E-state index contributed by atoms with van der Waals surface area (Å²) < 4.78 is 0. The molecule has 1 unspecified atom stereocenters. The maximum Gasteiger partial charge on any atom is 0.133 e. The van der Waals surface area contributed by atoms with Gasteiger partial charge in [-0.25, -0.2) is 0 Å². The van der Waals surface area contributed by atoms with Gasteiger partial charge < -0.3 is 16.6 Å². The van der Waals surface area contributed by atoms with Gasteiger partial charge in [0.05, 0.1) is 5.56 Å². The van der Waals surface area contributed by atoms with Gasteiger partial charge in [-0.1, -0.05) is 6.07 Å². The molecule has 0 radical (unpaired) electrons. The average molecular weight is 177 g/mol. The summed E-state index contributed by atoms with van der Waals surface area (Å²) in [7, 11) is 0. The molecule has 0 saturated heterocycles. The molecule has 1 aromatic rings. The van der Waals surface area contributed by atoms with E-state index in [4.69, 9.17) is 16.7 Å². The molecule has 0 heterocycles. The fraction of sp³-hybridized carbons (Fsp3) is 0.222. The van der Waals surface area contributed by atoms with Gasteiger partial charge in [-0.2, -0.15) is 5.26 Å². The van der Waals surface area contributed by atoms with Crippen molar-refractivity contribution in [3.05, 3.63) is 29.3 Å². The molecule has 1 rings (SSSR count). The highest BCUT2D eigenvalue weighted by atomic mass is 16.3. The second-order valence-corrected chi connectivity index (χ2v) is 2.73. The zero-order valence-electron chi connectivity index (χ0n) is 7.07. The minimum absolute atomic E-state index is 0.0320. The average Bonchev–Trinajstić information content (AvgIpc) is 2.17. The molecule has 4 heteroatoms. The van der Waals surface area contributed by atoms with Crippen molar-refractivity contribution in [3.8, 4) is 11.8 Å². The number of aromatic hydroxyl groups is 1. The van der Waals surface area contributed by atoms with E-state index in [9.17, 15) is 5.11 Å². The standard InChI is InChI=1S/C9H11N3O/c10-4-7-3-6(8(12)5-11)1-2-9(7)13/h1-3,8,13H,5,11-12H2. The normalized spacial score (nSPS) is 12.1. The van der Waals surface area contributed by atoms with Gasteiger partial charge in [0.25, 0.3) is 0 Å². The predicted octanol–water partition coefficient (Wildman–Crippen LogP) is 0.222. The molecule has 13 heavy (non-hydrogen) atoms. The van der Waals surface area contributed by atoms with Crippen molar-refractivity contribution >= 4 is 0 Å². The van der Waals surface area contributed by atoms with Gasteiger partial charge in [0.15, 0.2) is 0 Å². The quantitative estimate of drug-likeness (QED) is 0.602. The van der Waals surface area contributed by atoms with E-state index in [2.05, 4.69) is 0 Å². The Kier molecular flexibility index (Phi) is 2.85. The molecule has 5 N–H and O–H groups in total. The van der Waals surface area contributed by atoms with Crippen LogP contribution in [0.2, 0.25) is 0 Å². The summed E-state index contributed by atoms with van der Waals surface area (Å²) in [6, 6.07) is 6.24. The number of benzene rings is 1. The first-order valence-corrected chi connectivity index (χ1v) is 3.87. The Hall–Kier alpha value is -1.57. The van der Waals surface area contributed by atoms with Crippen LogP contribution >= 0.6 is 0 Å². The van der Waals surface area contributed by atoms with Crippen LogP contribution in [-0.2, 0) is 0 Å². The molecule has 0 fully saturated rings. The van der Waals surface area contributed by atoms with Crippen LogP contribution in [0.5, 0.6) is 5.75 Å². The summed E-state index contributed by atoms with van der Waals surface area (Å²) in [4.78, 5) is 0. The van der Waals surface area contributed by atoms with Crippen molar-refractivity contribution in [3.63, 3.8) is 0 Å². The lowest BCUT2D eigenvalue weighted by atomic mass is 10.0. The summed E-state index contributed by atoms with van der Waals surface area (Å²) in [6.45, 7) is 0.315. The van der Waals surface area contributed by atoms with Crippen molar-refractivity contribution in [1.29, 1.82) is 5.26 Å². The second-order valence-electron chi connectivity index (χ2n) is 2.73. The zero-order valence-corrected chi connectivity index (χ0v) is 7.07. The van der Waals surface area contributed by atoms with Crippen molar-refractivity contribution in [2.75, 3.05) is 6.54 Å². The number of hydrogen-bond donors (Lipinski definition) is 3. The first kappa shape index (κ1) is 9.52. The smallest absolute Gasteiger partial charge is 0.133 e. The molecule has 0 aliphatic carbocycles. The van der Waals surface area contributed by atoms with Crippen molar-refractivity contribution < 1.29 is 5.11 Å². The molecule has 0 aliphatic rings. The lowest BCUT2D eigenvalue weighted by Crippen LogP contribution is -2.20. The number of nitrogens with two attached hydrogens (primary N) is 2. The van der Waals surface area contributed by atoms with E-state index in [0.29, 0.717) is 6.54 Å². The fourth-order valence-corrected chi connectivity index (χ4v) is 1.01. The largest absolute Gasteiger partial charge is 0.507 e. The lowest BCUT2D eigenvalue weighted by Gasteiger charge is -2.09. The summed E-state index contributed by atoms with van der Waals surface area (Å²) in [5.74, 6) is -0.0320. The molecular weight excluding hydrogens is 166 g/mol. The summed E-state index contributed by atoms with van der Waals surface area (Å²) in [6.07, 6.45) is 0. The highest BCUT2D eigenvalue weighted by molar-refractivity contribution is 5.45. The molecule has 4 nitrogen and oxygen atoms in total. The Balaban J connectivity index is 3.08. The molecule has 0 amide bonds. The van der Waals surface area contributed by atoms with Crippen LogP contribution in [0.25, 0.3) is 0 Å². The Bertz CT molecular complexity index is 343. The lowest BCUT2D eigenvalue weighted by molar-refractivity contribution is 0.473. The van der Waals surface area contributed by atoms with Crippen LogP contribution in [0.3, 0.4) is 0 Å². The van der Waals surface area contributed by atoms with Crippen LogP contribution in [-0.4, -0.2) is 11.7 Å². The number of nitriles is 1. The molecule has 68 valence electrons. The number of phenols is 1. The van der Waals surface area contributed by atoms with Gasteiger partial charge in [0.2, 0.25) is 0 Å². The third kappa shape index (κ3) is 1.96. The van der Waals surface area contributed by atoms with E-state index in [0.717, 1.165) is 5.56 Å². The minimum atomic E-state index is -0.285. The minimum Gasteiger partial charge on any atom is -0.507 e. The zero-order chi connectivity index (χ0) is 9.84. The third-order valence-electron chi connectivity index (χ3n) is 1.82. The monoisotopic (exact) mass is 177 g/mol. The van der Waals surface area contributed by atoms with Crippen LogP contribution in [0, 0.1) is 11.3 Å². The molecule has 0 bridgehead atoms. The molecule has 0 saturated carbocycles. The van der Waals surface area contributed by atoms with E-state index in [1.807, 2.05) is 6.07 Å². The van der Waals surface area contributed by atoms with Gasteiger partial charge in [0.1, 0.15) is 11.8 Å². The predicted molar refractivity (Wildman–Crippen MR) is 48.8 cm³/mol. The third-order valence-corrected chi connectivity index (χ3v) is 1.82. The van der Waals surface area contributed by atoms with Gasteiger partial charge in [-0.15, -0.1) is 0 Å². The first-order valence-electron chi connectivity index (χ1n) is 3.87. The van der Waals surface area contributed by atoms with Gasteiger partial charge in [-0.3, -0.25) is 0 Å². The first-order chi connectivity index (χ1) is 6.19. The maximum absolute atomic E-state index is 9.19. The van der Waals surface area contributed by atoms with E-state index in [-0.39, 0.29) is 17.4 Å². The Morgan fingerprint density at radius 1 is 1.54 bits per heavy atom. The van der Waals surface area contributed by atoms with Gasteiger partial charge >= 0.3 is 0 Å². The van der Waals surface area contributed by atoms with Crippen molar-refractivity contribution in [2.24, 2.45) is 11.5 Å². The molecule has 1 aromatic carbocycles. The Morgan fingerprint density at radius 2 is 2.23 bits per heavy atom. The highest BCUT2D eigenvalue weighted by Crippen LogP contribution is 2.19. The molecule has 0 spiro atoms. The second kappa shape index (κ2) is 3.90.